The Bertz CT molecular complexity index is 620. The van der Waals surface area contributed by atoms with Gasteiger partial charge < -0.3 is 14.8 Å². The number of carbonyl (C=O) groups is 1. The summed E-state index contributed by atoms with van der Waals surface area (Å²) in [5.41, 5.74) is 2.73. The number of hydrogen-bond donors (Lipinski definition) is 1. The third-order valence-electron chi connectivity index (χ3n) is 3.17. The van der Waals surface area contributed by atoms with Crippen LogP contribution in [0.5, 0.6) is 11.5 Å². The first-order valence-corrected chi connectivity index (χ1v) is 6.70. The smallest absolute Gasteiger partial charge is 0.228 e. The average molecular weight is 285 g/mol. The van der Waals surface area contributed by atoms with Crippen LogP contribution in [0, 0.1) is 6.92 Å². The largest absolute Gasteiger partial charge is 0.497 e. The Balaban J connectivity index is 2.09. The number of benzene rings is 2. The molecule has 1 N–H and O–H groups in total. The molecule has 0 aliphatic heterocycles. The molecule has 0 bridgehead atoms. The molecule has 0 saturated heterocycles. The van der Waals surface area contributed by atoms with E-state index in [4.69, 9.17) is 9.47 Å². The zero-order chi connectivity index (χ0) is 15.2. The molecule has 0 radical (unpaired) electrons. The van der Waals surface area contributed by atoms with Crippen molar-refractivity contribution in [1.82, 2.24) is 0 Å². The Kier molecular flexibility index (Phi) is 4.82. The molecule has 110 valence electrons. The van der Waals surface area contributed by atoms with Gasteiger partial charge in [-0.3, -0.25) is 4.79 Å². The van der Waals surface area contributed by atoms with E-state index in [0.29, 0.717) is 11.5 Å². The Morgan fingerprint density at radius 1 is 1.05 bits per heavy atom. The fraction of sp³-hybridized carbons (Fsp3) is 0.235. The van der Waals surface area contributed by atoms with Gasteiger partial charge in [0.2, 0.25) is 5.91 Å². The van der Waals surface area contributed by atoms with Gasteiger partial charge in [0.15, 0.2) is 0 Å². The Hall–Kier alpha value is -2.49. The SMILES string of the molecule is COc1ccc(OC)c(CC(=O)Nc2ccc(C)cc2)c1. The van der Waals surface area contributed by atoms with Crippen molar-refractivity contribution in [1.29, 1.82) is 0 Å². The van der Waals surface area contributed by atoms with Gasteiger partial charge in [-0.15, -0.1) is 0 Å². The molecule has 21 heavy (non-hydrogen) atoms. The molecule has 0 aliphatic carbocycles. The first-order valence-electron chi connectivity index (χ1n) is 6.70. The summed E-state index contributed by atoms with van der Waals surface area (Å²) in [7, 11) is 3.18. The standard InChI is InChI=1S/C17H19NO3/c1-12-4-6-14(7-5-12)18-17(19)11-13-10-15(20-2)8-9-16(13)21-3/h4-10H,11H2,1-3H3,(H,18,19). The number of methoxy groups -OCH3 is 2. The minimum atomic E-state index is -0.0922. The number of anilines is 1. The quantitative estimate of drug-likeness (QED) is 0.917. The van der Waals surface area contributed by atoms with Crippen LogP contribution in [0.2, 0.25) is 0 Å². The van der Waals surface area contributed by atoms with Gasteiger partial charge in [-0.25, -0.2) is 0 Å². The summed E-state index contributed by atoms with van der Waals surface area (Å²) in [6.45, 7) is 2.01. The summed E-state index contributed by atoms with van der Waals surface area (Å²) in [6.07, 6.45) is 0.230. The van der Waals surface area contributed by atoms with E-state index in [1.54, 1.807) is 26.4 Å². The second-order valence-electron chi connectivity index (χ2n) is 4.77. The van der Waals surface area contributed by atoms with Crippen molar-refractivity contribution in [3.05, 3.63) is 53.6 Å². The molecule has 0 fully saturated rings. The lowest BCUT2D eigenvalue weighted by Gasteiger charge is -2.11. The first-order chi connectivity index (χ1) is 10.1. The van der Waals surface area contributed by atoms with Crippen LogP contribution in [0.3, 0.4) is 0 Å². The van der Waals surface area contributed by atoms with E-state index < -0.39 is 0 Å². The van der Waals surface area contributed by atoms with E-state index in [9.17, 15) is 4.79 Å². The van der Waals surface area contributed by atoms with Crippen molar-refractivity contribution in [3.8, 4) is 11.5 Å². The van der Waals surface area contributed by atoms with Gasteiger partial charge in [0.05, 0.1) is 20.6 Å². The molecular formula is C17H19NO3. The molecule has 2 rings (SSSR count). The normalized spacial score (nSPS) is 10.0. The van der Waals surface area contributed by atoms with E-state index in [2.05, 4.69) is 5.32 Å². The number of nitrogens with one attached hydrogen (secondary N) is 1. The van der Waals surface area contributed by atoms with Crippen molar-refractivity contribution < 1.29 is 14.3 Å². The lowest BCUT2D eigenvalue weighted by atomic mass is 10.1. The van der Waals surface area contributed by atoms with E-state index in [0.717, 1.165) is 16.8 Å². The number of rotatable bonds is 5. The highest BCUT2D eigenvalue weighted by molar-refractivity contribution is 5.92. The molecule has 4 nitrogen and oxygen atoms in total. The number of aryl methyl sites for hydroxylation is 1. The topological polar surface area (TPSA) is 47.6 Å². The number of hydrogen-bond acceptors (Lipinski definition) is 3. The van der Waals surface area contributed by atoms with Gasteiger partial charge >= 0.3 is 0 Å². The fourth-order valence-electron chi connectivity index (χ4n) is 2.04. The van der Waals surface area contributed by atoms with Crippen LogP contribution in [0.1, 0.15) is 11.1 Å². The highest BCUT2D eigenvalue weighted by Crippen LogP contribution is 2.24. The molecule has 1 amide bonds. The molecule has 0 unspecified atom stereocenters. The van der Waals surface area contributed by atoms with Crippen LogP contribution in [-0.4, -0.2) is 20.1 Å². The van der Waals surface area contributed by atoms with Crippen molar-refractivity contribution in [3.63, 3.8) is 0 Å². The molecule has 4 heteroatoms. The van der Waals surface area contributed by atoms with Crippen LogP contribution >= 0.6 is 0 Å². The predicted octanol–water partition coefficient (Wildman–Crippen LogP) is 3.19. The van der Waals surface area contributed by atoms with Crippen LogP contribution in [0.25, 0.3) is 0 Å². The molecule has 0 aliphatic rings. The zero-order valence-electron chi connectivity index (χ0n) is 12.5. The maximum Gasteiger partial charge on any atom is 0.228 e. The zero-order valence-corrected chi connectivity index (χ0v) is 12.5. The summed E-state index contributed by atoms with van der Waals surface area (Å²) in [5, 5.41) is 2.87. The first kappa shape index (κ1) is 14.9. The molecule has 0 saturated carbocycles. The monoisotopic (exact) mass is 285 g/mol. The minimum Gasteiger partial charge on any atom is -0.497 e. The Labute approximate surface area is 124 Å². The maximum absolute atomic E-state index is 12.1. The molecule has 0 heterocycles. The van der Waals surface area contributed by atoms with E-state index in [-0.39, 0.29) is 12.3 Å². The van der Waals surface area contributed by atoms with Crippen molar-refractivity contribution >= 4 is 11.6 Å². The van der Waals surface area contributed by atoms with Crippen molar-refractivity contribution in [2.75, 3.05) is 19.5 Å². The molecular weight excluding hydrogens is 266 g/mol. The van der Waals surface area contributed by atoms with Gasteiger partial charge in [-0.1, -0.05) is 17.7 Å². The predicted molar refractivity (Wildman–Crippen MR) is 83.1 cm³/mol. The molecule has 0 aromatic heterocycles. The Morgan fingerprint density at radius 3 is 2.38 bits per heavy atom. The van der Waals surface area contributed by atoms with E-state index in [1.165, 1.54) is 0 Å². The van der Waals surface area contributed by atoms with Crippen LogP contribution in [-0.2, 0) is 11.2 Å². The second kappa shape index (κ2) is 6.79. The summed E-state index contributed by atoms with van der Waals surface area (Å²) < 4.78 is 10.5. The summed E-state index contributed by atoms with van der Waals surface area (Å²) in [5.74, 6) is 1.29. The van der Waals surface area contributed by atoms with Gasteiger partial charge in [-0.05, 0) is 37.3 Å². The number of amides is 1. The van der Waals surface area contributed by atoms with Gasteiger partial charge in [-0.2, -0.15) is 0 Å². The number of carbonyl (C=O) groups excluding carboxylic acids is 1. The third kappa shape index (κ3) is 3.99. The lowest BCUT2D eigenvalue weighted by molar-refractivity contribution is -0.115. The van der Waals surface area contributed by atoms with Crippen LogP contribution in [0.4, 0.5) is 5.69 Å². The summed E-state index contributed by atoms with van der Waals surface area (Å²) >= 11 is 0. The molecule has 2 aromatic rings. The number of ether oxygens (including phenoxy) is 2. The van der Waals surface area contributed by atoms with E-state index in [1.807, 2.05) is 37.3 Å². The van der Waals surface area contributed by atoms with Gasteiger partial charge in [0.1, 0.15) is 11.5 Å². The van der Waals surface area contributed by atoms with Crippen LogP contribution < -0.4 is 14.8 Å². The highest BCUT2D eigenvalue weighted by Gasteiger charge is 2.10. The second-order valence-corrected chi connectivity index (χ2v) is 4.77. The lowest BCUT2D eigenvalue weighted by Crippen LogP contribution is -2.15. The highest BCUT2D eigenvalue weighted by atomic mass is 16.5. The van der Waals surface area contributed by atoms with Gasteiger partial charge in [0.25, 0.3) is 0 Å². The molecule has 0 spiro atoms. The maximum atomic E-state index is 12.1. The summed E-state index contributed by atoms with van der Waals surface area (Å²) in [6, 6.07) is 13.1. The Morgan fingerprint density at radius 2 is 1.76 bits per heavy atom. The minimum absolute atomic E-state index is 0.0922. The van der Waals surface area contributed by atoms with E-state index >= 15 is 0 Å². The third-order valence-corrected chi connectivity index (χ3v) is 3.17. The fourth-order valence-corrected chi connectivity index (χ4v) is 2.04. The molecule has 0 atom stereocenters. The van der Waals surface area contributed by atoms with Crippen molar-refractivity contribution in [2.24, 2.45) is 0 Å². The molecule has 2 aromatic carbocycles. The van der Waals surface area contributed by atoms with Crippen LogP contribution in [0.15, 0.2) is 42.5 Å². The average Bonchev–Trinajstić information content (AvgIpc) is 2.49. The van der Waals surface area contributed by atoms with Crippen molar-refractivity contribution in [2.45, 2.75) is 13.3 Å². The summed E-state index contributed by atoms with van der Waals surface area (Å²) in [4.78, 5) is 12.1. The van der Waals surface area contributed by atoms with Gasteiger partial charge in [0, 0.05) is 11.3 Å².